The molecule has 1 N–H and O–H groups in total. The molecule has 4 nitrogen and oxygen atoms in total. The maximum absolute atomic E-state index is 10.6. The smallest absolute Gasteiger partial charge is 0.303 e. The number of carboxylic acid groups (broad SMARTS) is 1. The minimum Gasteiger partial charge on any atom is -0.490 e. The molecule has 0 aliphatic carbocycles. The zero-order valence-electron chi connectivity index (χ0n) is 11.3. The Bertz CT molecular complexity index is 454. The summed E-state index contributed by atoms with van der Waals surface area (Å²) in [6.07, 6.45) is 3.44. The number of fused-ring (bicyclic) bond motifs is 1. The van der Waals surface area contributed by atoms with Gasteiger partial charge in [0.2, 0.25) is 0 Å². The fourth-order valence-electron chi connectivity index (χ4n) is 2.28. The minimum atomic E-state index is -0.743. The van der Waals surface area contributed by atoms with Crippen molar-refractivity contribution in [2.75, 3.05) is 13.2 Å². The molecule has 0 atom stereocenters. The van der Waals surface area contributed by atoms with Crippen LogP contribution in [0.2, 0.25) is 0 Å². The van der Waals surface area contributed by atoms with Crippen molar-refractivity contribution in [3.05, 3.63) is 23.3 Å². The van der Waals surface area contributed by atoms with Gasteiger partial charge in [-0.25, -0.2) is 0 Å². The van der Waals surface area contributed by atoms with Crippen LogP contribution in [0, 0.1) is 0 Å². The van der Waals surface area contributed by atoms with Crippen LogP contribution in [0.4, 0.5) is 0 Å². The van der Waals surface area contributed by atoms with Crippen molar-refractivity contribution in [3.63, 3.8) is 0 Å². The quantitative estimate of drug-likeness (QED) is 0.888. The van der Waals surface area contributed by atoms with Crippen LogP contribution in [0.1, 0.15) is 37.3 Å². The molecule has 0 fully saturated rings. The summed E-state index contributed by atoms with van der Waals surface area (Å²) in [4.78, 5) is 10.6. The molecular formula is C15H20O4. The summed E-state index contributed by atoms with van der Waals surface area (Å²) < 4.78 is 11.3. The van der Waals surface area contributed by atoms with E-state index >= 15 is 0 Å². The van der Waals surface area contributed by atoms with Crippen LogP contribution < -0.4 is 9.47 Å². The molecule has 1 heterocycles. The first-order valence-electron chi connectivity index (χ1n) is 6.84. The standard InChI is InChI=1S/C15H20O4/c1-2-11-9-13-14(19-8-4-7-18-13)10-12(11)5-3-6-15(16)17/h9-10H,2-8H2,1H3,(H,16,17). The van der Waals surface area contributed by atoms with Gasteiger partial charge in [-0.15, -0.1) is 0 Å². The van der Waals surface area contributed by atoms with Gasteiger partial charge >= 0.3 is 5.97 Å². The maximum Gasteiger partial charge on any atom is 0.303 e. The van der Waals surface area contributed by atoms with Crippen LogP contribution in [0.15, 0.2) is 12.1 Å². The van der Waals surface area contributed by atoms with E-state index in [0.717, 1.165) is 30.8 Å². The Labute approximate surface area is 113 Å². The molecule has 19 heavy (non-hydrogen) atoms. The average molecular weight is 264 g/mol. The molecular weight excluding hydrogens is 244 g/mol. The molecule has 0 spiro atoms. The van der Waals surface area contributed by atoms with E-state index in [9.17, 15) is 4.79 Å². The van der Waals surface area contributed by atoms with Gasteiger partial charge in [0.25, 0.3) is 0 Å². The van der Waals surface area contributed by atoms with Crippen LogP contribution >= 0.6 is 0 Å². The summed E-state index contributed by atoms with van der Waals surface area (Å²) in [5, 5.41) is 8.70. The zero-order chi connectivity index (χ0) is 13.7. The number of carboxylic acids is 1. The summed E-state index contributed by atoms with van der Waals surface area (Å²) in [6, 6.07) is 4.05. The third kappa shape index (κ3) is 3.63. The Balaban J connectivity index is 2.16. The molecule has 1 aliphatic rings. The molecule has 0 amide bonds. The predicted octanol–water partition coefficient (Wildman–Crippen LogP) is 2.82. The van der Waals surface area contributed by atoms with Crippen LogP contribution in [0.3, 0.4) is 0 Å². The van der Waals surface area contributed by atoms with Gasteiger partial charge in [-0.3, -0.25) is 4.79 Å². The van der Waals surface area contributed by atoms with E-state index < -0.39 is 5.97 Å². The number of aryl methyl sites for hydroxylation is 2. The molecule has 4 heteroatoms. The van der Waals surface area contributed by atoms with E-state index in [1.54, 1.807) is 0 Å². The van der Waals surface area contributed by atoms with Crippen LogP contribution in [-0.2, 0) is 17.6 Å². The first-order valence-corrected chi connectivity index (χ1v) is 6.84. The lowest BCUT2D eigenvalue weighted by Gasteiger charge is -2.13. The van der Waals surface area contributed by atoms with Crippen LogP contribution in [0.5, 0.6) is 11.5 Å². The van der Waals surface area contributed by atoms with Gasteiger partial charge < -0.3 is 14.6 Å². The van der Waals surface area contributed by atoms with E-state index in [1.165, 1.54) is 11.1 Å². The highest BCUT2D eigenvalue weighted by atomic mass is 16.5. The minimum absolute atomic E-state index is 0.206. The molecule has 0 saturated heterocycles. The van der Waals surface area contributed by atoms with E-state index in [1.807, 2.05) is 12.1 Å². The topological polar surface area (TPSA) is 55.8 Å². The fourth-order valence-corrected chi connectivity index (χ4v) is 2.28. The van der Waals surface area contributed by atoms with Crippen molar-refractivity contribution in [2.45, 2.75) is 39.0 Å². The molecule has 0 saturated carbocycles. The molecule has 1 aromatic carbocycles. The monoisotopic (exact) mass is 264 g/mol. The van der Waals surface area contributed by atoms with E-state index in [-0.39, 0.29) is 6.42 Å². The SMILES string of the molecule is CCc1cc2c(cc1CCCC(=O)O)OCCCO2. The Morgan fingerprint density at radius 2 is 1.84 bits per heavy atom. The van der Waals surface area contributed by atoms with Gasteiger partial charge in [0.15, 0.2) is 11.5 Å². The number of benzene rings is 1. The van der Waals surface area contributed by atoms with Crippen molar-refractivity contribution in [3.8, 4) is 11.5 Å². The average Bonchev–Trinajstić information content (AvgIpc) is 2.62. The molecule has 0 aromatic heterocycles. The number of rotatable bonds is 5. The maximum atomic E-state index is 10.6. The first kappa shape index (κ1) is 13.7. The summed E-state index contributed by atoms with van der Waals surface area (Å²) >= 11 is 0. The third-order valence-electron chi connectivity index (χ3n) is 3.29. The lowest BCUT2D eigenvalue weighted by atomic mass is 9.99. The van der Waals surface area contributed by atoms with Crippen molar-refractivity contribution in [1.82, 2.24) is 0 Å². The van der Waals surface area contributed by atoms with Gasteiger partial charge in [-0.1, -0.05) is 6.92 Å². The van der Waals surface area contributed by atoms with Gasteiger partial charge in [-0.2, -0.15) is 0 Å². The lowest BCUT2D eigenvalue weighted by Crippen LogP contribution is -2.00. The Morgan fingerprint density at radius 3 is 2.42 bits per heavy atom. The highest BCUT2D eigenvalue weighted by molar-refractivity contribution is 5.66. The van der Waals surface area contributed by atoms with Crippen molar-refractivity contribution < 1.29 is 19.4 Å². The van der Waals surface area contributed by atoms with Crippen LogP contribution in [0.25, 0.3) is 0 Å². The molecule has 104 valence electrons. The number of aliphatic carboxylic acids is 1. The fraction of sp³-hybridized carbons (Fsp3) is 0.533. The molecule has 0 unspecified atom stereocenters. The summed E-state index contributed by atoms with van der Waals surface area (Å²) in [6.45, 7) is 3.46. The summed E-state index contributed by atoms with van der Waals surface area (Å²) in [5.41, 5.74) is 2.39. The Morgan fingerprint density at radius 1 is 1.21 bits per heavy atom. The third-order valence-corrected chi connectivity index (χ3v) is 3.29. The molecule has 0 bridgehead atoms. The largest absolute Gasteiger partial charge is 0.490 e. The van der Waals surface area contributed by atoms with Crippen LogP contribution in [-0.4, -0.2) is 24.3 Å². The molecule has 2 rings (SSSR count). The van der Waals surface area contributed by atoms with Crippen molar-refractivity contribution in [2.24, 2.45) is 0 Å². The first-order chi connectivity index (χ1) is 9.20. The molecule has 1 aliphatic heterocycles. The number of hydrogen-bond donors (Lipinski definition) is 1. The Hall–Kier alpha value is -1.71. The normalized spacial score (nSPS) is 13.9. The highest BCUT2D eigenvalue weighted by Crippen LogP contribution is 2.33. The lowest BCUT2D eigenvalue weighted by molar-refractivity contribution is -0.137. The second-order valence-corrected chi connectivity index (χ2v) is 4.72. The van der Waals surface area contributed by atoms with E-state index in [4.69, 9.17) is 14.6 Å². The van der Waals surface area contributed by atoms with Gasteiger partial charge in [0.05, 0.1) is 13.2 Å². The molecule has 0 radical (unpaired) electrons. The predicted molar refractivity (Wildman–Crippen MR) is 72.0 cm³/mol. The van der Waals surface area contributed by atoms with Gasteiger partial charge in [0.1, 0.15) is 0 Å². The van der Waals surface area contributed by atoms with E-state index in [2.05, 4.69) is 6.92 Å². The number of ether oxygens (including phenoxy) is 2. The number of carbonyl (C=O) groups is 1. The van der Waals surface area contributed by atoms with Crippen molar-refractivity contribution >= 4 is 5.97 Å². The summed E-state index contributed by atoms with van der Waals surface area (Å²) in [7, 11) is 0. The van der Waals surface area contributed by atoms with Crippen molar-refractivity contribution in [1.29, 1.82) is 0 Å². The summed E-state index contributed by atoms with van der Waals surface area (Å²) in [5.74, 6) is 0.865. The van der Waals surface area contributed by atoms with Gasteiger partial charge in [-0.05, 0) is 42.5 Å². The molecule has 1 aromatic rings. The number of hydrogen-bond acceptors (Lipinski definition) is 3. The second kappa shape index (κ2) is 6.45. The van der Waals surface area contributed by atoms with Gasteiger partial charge in [0, 0.05) is 12.8 Å². The second-order valence-electron chi connectivity index (χ2n) is 4.72. The highest BCUT2D eigenvalue weighted by Gasteiger charge is 2.14. The zero-order valence-corrected chi connectivity index (χ0v) is 11.3. The Kier molecular flexibility index (Phi) is 4.66. The van der Waals surface area contributed by atoms with E-state index in [0.29, 0.717) is 19.6 Å².